The Hall–Kier alpha value is -1.58. The van der Waals surface area contributed by atoms with Gasteiger partial charge in [-0.3, -0.25) is 4.79 Å². The first-order chi connectivity index (χ1) is 8.72. The van der Waals surface area contributed by atoms with Crippen molar-refractivity contribution in [3.05, 3.63) is 18.3 Å². The molecular weight excluding hydrogens is 226 g/mol. The van der Waals surface area contributed by atoms with Crippen LogP contribution in [0, 0.1) is 5.92 Å². The molecule has 1 heterocycles. The second-order valence-electron chi connectivity index (χ2n) is 4.85. The summed E-state index contributed by atoms with van der Waals surface area (Å²) in [7, 11) is 0. The summed E-state index contributed by atoms with van der Waals surface area (Å²) in [5, 5.41) is 6.23. The molecule has 0 atom stereocenters. The van der Waals surface area contributed by atoms with E-state index in [9.17, 15) is 4.79 Å². The molecule has 0 radical (unpaired) electrons. The van der Waals surface area contributed by atoms with Gasteiger partial charge in [0.15, 0.2) is 0 Å². The summed E-state index contributed by atoms with van der Waals surface area (Å²) < 4.78 is 0. The number of nitrogens with one attached hydrogen (secondary N) is 2. The molecule has 98 valence electrons. The molecule has 1 aliphatic carbocycles. The first-order valence-electron chi connectivity index (χ1n) is 6.76. The molecule has 0 bridgehead atoms. The second kappa shape index (κ2) is 5.85. The average Bonchev–Trinajstić information content (AvgIpc) is 3.17. The molecule has 0 aromatic carbocycles. The molecule has 2 rings (SSSR count). The summed E-state index contributed by atoms with van der Waals surface area (Å²) in [6, 6.07) is 4.44. The molecule has 4 heteroatoms. The fourth-order valence-electron chi connectivity index (χ4n) is 1.90. The van der Waals surface area contributed by atoms with Crippen molar-refractivity contribution >= 4 is 17.4 Å². The summed E-state index contributed by atoms with van der Waals surface area (Å²) in [5.74, 6) is 0.778. The van der Waals surface area contributed by atoms with E-state index in [-0.39, 0.29) is 11.8 Å². The lowest BCUT2D eigenvalue weighted by Gasteiger charge is -2.12. The summed E-state index contributed by atoms with van der Waals surface area (Å²) in [6.45, 7) is 4.06. The molecule has 0 aliphatic heterocycles. The van der Waals surface area contributed by atoms with Crippen molar-refractivity contribution in [1.29, 1.82) is 0 Å². The van der Waals surface area contributed by atoms with E-state index in [4.69, 9.17) is 0 Å². The van der Waals surface area contributed by atoms with Crippen LogP contribution in [0.3, 0.4) is 0 Å². The molecule has 2 N–H and O–H groups in total. The predicted molar refractivity (Wildman–Crippen MR) is 73.6 cm³/mol. The van der Waals surface area contributed by atoms with Gasteiger partial charge in [-0.05, 0) is 37.8 Å². The Morgan fingerprint density at radius 2 is 2.11 bits per heavy atom. The Bertz CT molecular complexity index is 394. The molecule has 1 aliphatic rings. The fraction of sp³-hybridized carbons (Fsp3) is 0.571. The van der Waals surface area contributed by atoms with E-state index in [1.807, 2.05) is 26.0 Å². The topological polar surface area (TPSA) is 54.0 Å². The molecule has 0 saturated heterocycles. The number of hydrogen-bond acceptors (Lipinski definition) is 3. The quantitative estimate of drug-likeness (QED) is 0.812. The number of rotatable bonds is 6. The number of pyridine rings is 1. The number of hydrogen-bond donors (Lipinski definition) is 2. The normalized spacial score (nSPS) is 14.6. The number of anilines is 2. The molecule has 1 aromatic heterocycles. The van der Waals surface area contributed by atoms with Gasteiger partial charge in [-0.2, -0.15) is 0 Å². The highest BCUT2D eigenvalue weighted by atomic mass is 16.1. The Kier molecular flexibility index (Phi) is 4.18. The van der Waals surface area contributed by atoms with Crippen molar-refractivity contribution < 1.29 is 4.79 Å². The van der Waals surface area contributed by atoms with E-state index in [1.54, 1.807) is 6.20 Å². The van der Waals surface area contributed by atoms with E-state index < -0.39 is 0 Å². The predicted octanol–water partition coefficient (Wildman–Crippen LogP) is 3.03. The van der Waals surface area contributed by atoms with Crippen LogP contribution in [-0.4, -0.2) is 16.9 Å². The Morgan fingerprint density at radius 1 is 1.39 bits per heavy atom. The van der Waals surface area contributed by atoms with Gasteiger partial charge in [-0.15, -0.1) is 0 Å². The van der Waals surface area contributed by atoms with Crippen molar-refractivity contribution in [2.24, 2.45) is 5.92 Å². The average molecular weight is 247 g/mol. The maximum Gasteiger partial charge on any atom is 0.228 e. The third-order valence-electron chi connectivity index (χ3n) is 3.32. The molecule has 18 heavy (non-hydrogen) atoms. The van der Waals surface area contributed by atoms with Crippen molar-refractivity contribution in [1.82, 2.24) is 4.98 Å². The second-order valence-corrected chi connectivity index (χ2v) is 4.85. The molecule has 1 saturated carbocycles. The van der Waals surface area contributed by atoms with Crippen molar-refractivity contribution in [2.45, 2.75) is 45.6 Å². The van der Waals surface area contributed by atoms with Crippen LogP contribution in [0.1, 0.15) is 39.5 Å². The minimum Gasteiger partial charge on any atom is -0.381 e. The van der Waals surface area contributed by atoms with Crippen molar-refractivity contribution in [3.63, 3.8) is 0 Å². The van der Waals surface area contributed by atoms with Crippen LogP contribution in [0.25, 0.3) is 0 Å². The van der Waals surface area contributed by atoms with Crippen LogP contribution in [0.5, 0.6) is 0 Å². The summed E-state index contributed by atoms with van der Waals surface area (Å²) in [4.78, 5) is 16.1. The van der Waals surface area contributed by atoms with Gasteiger partial charge in [0, 0.05) is 12.0 Å². The van der Waals surface area contributed by atoms with Gasteiger partial charge in [-0.25, -0.2) is 4.98 Å². The van der Waals surface area contributed by atoms with Crippen LogP contribution in [0.2, 0.25) is 0 Å². The lowest BCUT2D eigenvalue weighted by molar-refractivity contribution is -0.120. The fourth-order valence-corrected chi connectivity index (χ4v) is 1.90. The number of carbonyl (C=O) groups is 1. The molecule has 1 fully saturated rings. The Balaban J connectivity index is 1.90. The van der Waals surface area contributed by atoms with Crippen molar-refractivity contribution in [2.75, 3.05) is 10.6 Å². The number of nitrogens with zero attached hydrogens (tertiary/aromatic N) is 1. The lowest BCUT2D eigenvalue weighted by atomic mass is 10.0. The zero-order valence-electron chi connectivity index (χ0n) is 11.1. The largest absolute Gasteiger partial charge is 0.381 e. The van der Waals surface area contributed by atoms with Gasteiger partial charge in [0.05, 0.1) is 11.9 Å². The van der Waals surface area contributed by atoms with Crippen LogP contribution in [-0.2, 0) is 4.79 Å². The minimum absolute atomic E-state index is 0.0652. The Labute approximate surface area is 108 Å². The SMILES string of the molecule is CCC(CC)C(=O)Nc1ccc(NC2CC2)cn1. The summed E-state index contributed by atoms with van der Waals surface area (Å²) >= 11 is 0. The van der Waals surface area contributed by atoms with E-state index in [2.05, 4.69) is 15.6 Å². The maximum absolute atomic E-state index is 11.9. The van der Waals surface area contributed by atoms with Crippen LogP contribution < -0.4 is 10.6 Å². The van der Waals surface area contributed by atoms with Gasteiger partial charge in [0.25, 0.3) is 0 Å². The van der Waals surface area contributed by atoms with Gasteiger partial charge in [-0.1, -0.05) is 13.8 Å². The van der Waals surface area contributed by atoms with Gasteiger partial charge >= 0.3 is 0 Å². The summed E-state index contributed by atoms with van der Waals surface area (Å²) in [5.41, 5.74) is 1.03. The third-order valence-corrected chi connectivity index (χ3v) is 3.32. The van der Waals surface area contributed by atoms with E-state index in [0.717, 1.165) is 18.5 Å². The standard InChI is InChI=1S/C14H21N3O/c1-3-10(4-2)14(18)17-13-8-7-12(9-15-13)16-11-5-6-11/h7-11,16H,3-6H2,1-2H3,(H,15,17,18). The molecule has 1 amide bonds. The monoisotopic (exact) mass is 247 g/mol. The zero-order chi connectivity index (χ0) is 13.0. The number of aromatic nitrogens is 1. The molecule has 1 aromatic rings. The minimum atomic E-state index is 0.0652. The van der Waals surface area contributed by atoms with E-state index in [0.29, 0.717) is 11.9 Å². The van der Waals surface area contributed by atoms with Gasteiger partial charge in [0.2, 0.25) is 5.91 Å². The smallest absolute Gasteiger partial charge is 0.228 e. The van der Waals surface area contributed by atoms with Gasteiger partial charge in [0.1, 0.15) is 5.82 Å². The van der Waals surface area contributed by atoms with E-state index >= 15 is 0 Å². The first-order valence-corrected chi connectivity index (χ1v) is 6.76. The van der Waals surface area contributed by atoms with E-state index in [1.165, 1.54) is 12.8 Å². The maximum atomic E-state index is 11.9. The molecular formula is C14H21N3O. The highest BCUT2D eigenvalue weighted by molar-refractivity contribution is 5.91. The zero-order valence-corrected chi connectivity index (χ0v) is 11.1. The third kappa shape index (κ3) is 3.45. The van der Waals surface area contributed by atoms with Crippen LogP contribution in [0.4, 0.5) is 11.5 Å². The Morgan fingerprint density at radius 3 is 2.61 bits per heavy atom. The first kappa shape index (κ1) is 12.9. The summed E-state index contributed by atoms with van der Waals surface area (Å²) in [6.07, 6.45) is 5.99. The van der Waals surface area contributed by atoms with Crippen molar-refractivity contribution in [3.8, 4) is 0 Å². The van der Waals surface area contributed by atoms with Crippen LogP contribution >= 0.6 is 0 Å². The number of carbonyl (C=O) groups excluding carboxylic acids is 1. The number of amides is 1. The molecule has 4 nitrogen and oxygen atoms in total. The molecule has 0 spiro atoms. The van der Waals surface area contributed by atoms with Crippen LogP contribution in [0.15, 0.2) is 18.3 Å². The van der Waals surface area contributed by atoms with Gasteiger partial charge < -0.3 is 10.6 Å². The lowest BCUT2D eigenvalue weighted by Crippen LogP contribution is -2.22. The highest BCUT2D eigenvalue weighted by Crippen LogP contribution is 2.24. The molecule has 0 unspecified atom stereocenters. The highest BCUT2D eigenvalue weighted by Gasteiger charge is 2.20.